The highest BCUT2D eigenvalue weighted by atomic mass is 16.5. The van der Waals surface area contributed by atoms with Crippen LogP contribution in [0.4, 0.5) is 0 Å². The Bertz CT molecular complexity index is 280. The number of benzene rings is 1. The van der Waals surface area contributed by atoms with Crippen LogP contribution >= 0.6 is 0 Å². The second kappa shape index (κ2) is 7.01. The molecule has 0 aromatic heterocycles. The quantitative estimate of drug-likeness (QED) is 0.673. The first-order valence-electron chi connectivity index (χ1n) is 4.45. The van der Waals surface area contributed by atoms with Crippen LogP contribution in [0.1, 0.15) is 12.5 Å². The molecule has 0 heterocycles. The molecule has 2 heteroatoms. The van der Waals surface area contributed by atoms with Gasteiger partial charge in [0, 0.05) is 0 Å². The van der Waals surface area contributed by atoms with Gasteiger partial charge in [0.2, 0.25) is 0 Å². The highest BCUT2D eigenvalue weighted by Crippen LogP contribution is 2.26. The molecule has 78 valence electrons. The summed E-state index contributed by atoms with van der Waals surface area (Å²) < 4.78 is 10.2. The SMILES string of the molecule is C=CC.COc1ccc(C)cc1OC. The standard InChI is InChI=1S/C9H12O2.C3H6/c1-7-4-5-8(10-2)9(6-7)11-3;1-3-2/h4-6H,1-3H3;3H,1H2,2H3. The van der Waals surface area contributed by atoms with E-state index in [2.05, 4.69) is 6.58 Å². The first kappa shape index (κ1) is 12.6. The molecular weight excluding hydrogens is 176 g/mol. The molecule has 0 bridgehead atoms. The van der Waals surface area contributed by atoms with E-state index in [0.29, 0.717) is 0 Å². The Labute approximate surface area is 86.2 Å². The van der Waals surface area contributed by atoms with Crippen molar-refractivity contribution in [3.8, 4) is 11.5 Å². The first-order chi connectivity index (χ1) is 6.69. The van der Waals surface area contributed by atoms with Gasteiger partial charge in [0.05, 0.1) is 14.2 Å². The number of hydrogen-bond donors (Lipinski definition) is 0. The van der Waals surface area contributed by atoms with E-state index < -0.39 is 0 Å². The van der Waals surface area contributed by atoms with E-state index in [1.165, 1.54) is 5.56 Å². The molecule has 0 aliphatic heterocycles. The number of aryl methyl sites for hydroxylation is 1. The van der Waals surface area contributed by atoms with Gasteiger partial charge < -0.3 is 9.47 Å². The van der Waals surface area contributed by atoms with E-state index in [1.807, 2.05) is 32.0 Å². The third kappa shape index (κ3) is 3.99. The molecule has 1 aromatic rings. The summed E-state index contributed by atoms with van der Waals surface area (Å²) in [4.78, 5) is 0. The third-order valence-electron chi connectivity index (χ3n) is 1.54. The van der Waals surface area contributed by atoms with Gasteiger partial charge in [-0.2, -0.15) is 0 Å². The van der Waals surface area contributed by atoms with Crippen LogP contribution in [0, 0.1) is 6.92 Å². The predicted octanol–water partition coefficient (Wildman–Crippen LogP) is 3.20. The van der Waals surface area contributed by atoms with E-state index in [4.69, 9.17) is 9.47 Å². The molecule has 0 saturated heterocycles. The van der Waals surface area contributed by atoms with Crippen molar-refractivity contribution in [1.82, 2.24) is 0 Å². The van der Waals surface area contributed by atoms with Crippen molar-refractivity contribution >= 4 is 0 Å². The average molecular weight is 194 g/mol. The second-order valence-corrected chi connectivity index (χ2v) is 2.77. The lowest BCUT2D eigenvalue weighted by Crippen LogP contribution is -1.90. The summed E-state index contributed by atoms with van der Waals surface area (Å²) in [6, 6.07) is 5.83. The minimum absolute atomic E-state index is 0.776. The summed E-state index contributed by atoms with van der Waals surface area (Å²) in [5, 5.41) is 0. The second-order valence-electron chi connectivity index (χ2n) is 2.77. The van der Waals surface area contributed by atoms with Gasteiger partial charge in [-0.3, -0.25) is 0 Å². The van der Waals surface area contributed by atoms with Crippen molar-refractivity contribution in [2.24, 2.45) is 0 Å². The largest absolute Gasteiger partial charge is 0.493 e. The van der Waals surface area contributed by atoms with Gasteiger partial charge in [-0.05, 0) is 31.5 Å². The molecule has 0 spiro atoms. The minimum Gasteiger partial charge on any atom is -0.493 e. The zero-order chi connectivity index (χ0) is 11.0. The van der Waals surface area contributed by atoms with Crippen molar-refractivity contribution in [2.75, 3.05) is 14.2 Å². The molecule has 0 aliphatic rings. The van der Waals surface area contributed by atoms with Gasteiger partial charge >= 0.3 is 0 Å². The van der Waals surface area contributed by atoms with Crippen molar-refractivity contribution in [2.45, 2.75) is 13.8 Å². The predicted molar refractivity (Wildman–Crippen MR) is 60.2 cm³/mol. The Morgan fingerprint density at radius 1 is 1.14 bits per heavy atom. The summed E-state index contributed by atoms with van der Waals surface area (Å²) in [5.74, 6) is 1.56. The molecule has 0 unspecified atom stereocenters. The molecule has 1 aromatic carbocycles. The fraction of sp³-hybridized carbons (Fsp3) is 0.333. The molecule has 0 atom stereocenters. The summed E-state index contributed by atoms with van der Waals surface area (Å²) in [6.07, 6.45) is 1.75. The van der Waals surface area contributed by atoms with E-state index in [-0.39, 0.29) is 0 Å². The van der Waals surface area contributed by atoms with Crippen LogP contribution in [0.2, 0.25) is 0 Å². The lowest BCUT2D eigenvalue weighted by Gasteiger charge is -2.06. The number of methoxy groups -OCH3 is 2. The van der Waals surface area contributed by atoms with Crippen LogP contribution in [0.25, 0.3) is 0 Å². The molecule has 0 N–H and O–H groups in total. The lowest BCUT2D eigenvalue weighted by atomic mass is 10.2. The monoisotopic (exact) mass is 194 g/mol. The van der Waals surface area contributed by atoms with Gasteiger partial charge in [-0.15, -0.1) is 6.58 Å². The molecular formula is C12H18O2. The molecule has 0 aliphatic carbocycles. The lowest BCUT2D eigenvalue weighted by molar-refractivity contribution is 0.354. The van der Waals surface area contributed by atoms with Crippen molar-refractivity contribution < 1.29 is 9.47 Å². The van der Waals surface area contributed by atoms with Gasteiger partial charge in [0.1, 0.15) is 0 Å². The van der Waals surface area contributed by atoms with Gasteiger partial charge in [-0.1, -0.05) is 12.1 Å². The van der Waals surface area contributed by atoms with Crippen LogP contribution in [0.3, 0.4) is 0 Å². The van der Waals surface area contributed by atoms with Crippen LogP contribution in [0.15, 0.2) is 30.9 Å². The van der Waals surface area contributed by atoms with Crippen molar-refractivity contribution in [1.29, 1.82) is 0 Å². The summed E-state index contributed by atoms with van der Waals surface area (Å²) in [7, 11) is 3.27. The molecule has 0 radical (unpaired) electrons. The zero-order valence-corrected chi connectivity index (χ0v) is 9.33. The topological polar surface area (TPSA) is 18.5 Å². The Hall–Kier alpha value is -1.44. The highest BCUT2D eigenvalue weighted by molar-refractivity contribution is 5.42. The Morgan fingerprint density at radius 3 is 2.07 bits per heavy atom. The van der Waals surface area contributed by atoms with Gasteiger partial charge in [-0.25, -0.2) is 0 Å². The van der Waals surface area contributed by atoms with Crippen LogP contribution < -0.4 is 9.47 Å². The molecule has 1 rings (SSSR count). The Morgan fingerprint density at radius 2 is 1.64 bits per heavy atom. The number of ether oxygens (including phenoxy) is 2. The highest BCUT2D eigenvalue weighted by Gasteiger charge is 2.00. The number of hydrogen-bond acceptors (Lipinski definition) is 2. The maximum absolute atomic E-state index is 5.09. The van der Waals surface area contributed by atoms with Crippen molar-refractivity contribution in [3.63, 3.8) is 0 Å². The van der Waals surface area contributed by atoms with E-state index >= 15 is 0 Å². The first-order valence-corrected chi connectivity index (χ1v) is 4.45. The number of rotatable bonds is 2. The molecule has 0 saturated carbocycles. The average Bonchev–Trinajstić information content (AvgIpc) is 2.19. The summed E-state index contributed by atoms with van der Waals surface area (Å²) in [5.41, 5.74) is 1.17. The summed E-state index contributed by atoms with van der Waals surface area (Å²) in [6.45, 7) is 7.27. The molecule has 0 amide bonds. The maximum atomic E-state index is 5.09. The molecule has 2 nitrogen and oxygen atoms in total. The third-order valence-corrected chi connectivity index (χ3v) is 1.54. The smallest absolute Gasteiger partial charge is 0.160 e. The van der Waals surface area contributed by atoms with Crippen molar-refractivity contribution in [3.05, 3.63) is 36.4 Å². The minimum atomic E-state index is 0.776. The Balaban J connectivity index is 0.000000500. The van der Waals surface area contributed by atoms with Gasteiger partial charge in [0.25, 0.3) is 0 Å². The maximum Gasteiger partial charge on any atom is 0.160 e. The Kier molecular flexibility index (Phi) is 6.29. The zero-order valence-electron chi connectivity index (χ0n) is 9.33. The number of allylic oxidation sites excluding steroid dienone is 1. The molecule has 14 heavy (non-hydrogen) atoms. The normalized spacial score (nSPS) is 8.29. The fourth-order valence-corrected chi connectivity index (χ4v) is 0.943. The van der Waals surface area contributed by atoms with Crippen LogP contribution in [-0.4, -0.2) is 14.2 Å². The van der Waals surface area contributed by atoms with Gasteiger partial charge in [0.15, 0.2) is 11.5 Å². The van der Waals surface area contributed by atoms with Crippen LogP contribution in [0.5, 0.6) is 11.5 Å². The van der Waals surface area contributed by atoms with E-state index in [1.54, 1.807) is 20.3 Å². The molecule has 0 fully saturated rings. The summed E-state index contributed by atoms with van der Waals surface area (Å²) >= 11 is 0. The van der Waals surface area contributed by atoms with Crippen LogP contribution in [-0.2, 0) is 0 Å². The van der Waals surface area contributed by atoms with E-state index in [0.717, 1.165) is 11.5 Å². The van der Waals surface area contributed by atoms with E-state index in [9.17, 15) is 0 Å². The fourth-order valence-electron chi connectivity index (χ4n) is 0.943.